The van der Waals surface area contributed by atoms with Crippen molar-refractivity contribution >= 4 is 11.5 Å². The zero-order chi connectivity index (χ0) is 16.3. The Balaban J connectivity index is 1.68. The molecule has 0 radical (unpaired) electrons. The first-order chi connectivity index (χ1) is 11.7. The molecular formula is C21H20N2O. The third kappa shape index (κ3) is 1.98. The second-order valence-electron chi connectivity index (χ2n) is 7.05. The van der Waals surface area contributed by atoms with E-state index < -0.39 is 0 Å². The minimum Gasteiger partial charge on any atom is -0.314 e. The SMILES string of the molecule is C=C1c2ccccc2C(=O)N2Cc3ccccc3CN(C3CC3)C12. The normalized spacial score (nSPS) is 23.3. The van der Waals surface area contributed by atoms with E-state index in [0.29, 0.717) is 12.6 Å². The number of amides is 1. The van der Waals surface area contributed by atoms with Crippen LogP contribution >= 0.6 is 0 Å². The van der Waals surface area contributed by atoms with Crippen LogP contribution in [-0.4, -0.2) is 27.9 Å². The lowest BCUT2D eigenvalue weighted by molar-refractivity contribution is 0.0425. The van der Waals surface area contributed by atoms with Gasteiger partial charge in [-0.15, -0.1) is 0 Å². The van der Waals surface area contributed by atoms with Crippen LogP contribution in [0, 0.1) is 0 Å². The zero-order valence-electron chi connectivity index (χ0n) is 13.6. The molecule has 3 nitrogen and oxygen atoms in total. The van der Waals surface area contributed by atoms with Gasteiger partial charge in [-0.25, -0.2) is 0 Å². The van der Waals surface area contributed by atoms with Crippen molar-refractivity contribution < 1.29 is 4.79 Å². The highest BCUT2D eigenvalue weighted by Gasteiger charge is 2.45. The summed E-state index contributed by atoms with van der Waals surface area (Å²) >= 11 is 0. The number of carbonyl (C=O) groups excluding carboxylic acids is 1. The van der Waals surface area contributed by atoms with Gasteiger partial charge >= 0.3 is 0 Å². The predicted molar refractivity (Wildman–Crippen MR) is 94.1 cm³/mol. The molecule has 24 heavy (non-hydrogen) atoms. The molecule has 1 atom stereocenters. The fourth-order valence-electron chi connectivity index (χ4n) is 4.15. The molecule has 2 aromatic carbocycles. The molecule has 3 aliphatic rings. The van der Waals surface area contributed by atoms with E-state index in [2.05, 4.69) is 35.7 Å². The average Bonchev–Trinajstić information content (AvgIpc) is 3.44. The first-order valence-electron chi connectivity index (χ1n) is 8.66. The van der Waals surface area contributed by atoms with Crippen LogP contribution in [0.25, 0.3) is 5.57 Å². The molecule has 2 aromatic rings. The highest BCUT2D eigenvalue weighted by atomic mass is 16.2. The number of rotatable bonds is 1. The zero-order valence-corrected chi connectivity index (χ0v) is 13.6. The van der Waals surface area contributed by atoms with E-state index in [4.69, 9.17) is 0 Å². The Hall–Kier alpha value is -2.39. The van der Waals surface area contributed by atoms with Crippen LogP contribution in [0.15, 0.2) is 55.1 Å². The summed E-state index contributed by atoms with van der Waals surface area (Å²) in [7, 11) is 0. The van der Waals surface area contributed by atoms with E-state index in [0.717, 1.165) is 23.2 Å². The van der Waals surface area contributed by atoms with Crippen molar-refractivity contribution in [1.82, 2.24) is 9.80 Å². The fraction of sp³-hybridized carbons (Fsp3) is 0.286. The Bertz CT molecular complexity index is 852. The molecule has 1 aliphatic carbocycles. The van der Waals surface area contributed by atoms with Crippen molar-refractivity contribution in [2.45, 2.75) is 38.1 Å². The van der Waals surface area contributed by atoms with Crippen molar-refractivity contribution in [3.05, 3.63) is 77.4 Å². The van der Waals surface area contributed by atoms with Gasteiger partial charge in [0.05, 0.1) is 0 Å². The van der Waals surface area contributed by atoms with Crippen molar-refractivity contribution in [2.75, 3.05) is 0 Å². The summed E-state index contributed by atoms with van der Waals surface area (Å²) in [6.45, 7) is 5.97. The summed E-state index contributed by atoms with van der Waals surface area (Å²) in [6, 6.07) is 17.0. The second kappa shape index (κ2) is 5.05. The first-order valence-corrected chi connectivity index (χ1v) is 8.66. The maximum absolute atomic E-state index is 13.2. The van der Waals surface area contributed by atoms with Gasteiger partial charge in [0.1, 0.15) is 6.17 Å². The summed E-state index contributed by atoms with van der Waals surface area (Å²) in [5.41, 5.74) is 5.45. The number of fused-ring (bicyclic) bond motifs is 3. The smallest absolute Gasteiger partial charge is 0.256 e. The first kappa shape index (κ1) is 14.0. The summed E-state index contributed by atoms with van der Waals surface area (Å²) in [6.07, 6.45) is 2.41. The number of nitrogens with zero attached hydrogens (tertiary/aromatic N) is 2. The van der Waals surface area contributed by atoms with Crippen LogP contribution in [0.5, 0.6) is 0 Å². The molecule has 0 N–H and O–H groups in total. The molecule has 1 amide bonds. The highest BCUT2D eigenvalue weighted by Crippen LogP contribution is 2.42. The molecule has 0 bridgehead atoms. The maximum Gasteiger partial charge on any atom is 0.256 e. The monoisotopic (exact) mass is 316 g/mol. The number of benzene rings is 2. The molecule has 1 fully saturated rings. The van der Waals surface area contributed by atoms with Gasteiger partial charge in [-0.2, -0.15) is 0 Å². The van der Waals surface area contributed by atoms with Crippen LogP contribution in [0.4, 0.5) is 0 Å². The van der Waals surface area contributed by atoms with Crippen molar-refractivity contribution in [1.29, 1.82) is 0 Å². The predicted octanol–water partition coefficient (Wildman–Crippen LogP) is 3.66. The molecule has 120 valence electrons. The summed E-state index contributed by atoms with van der Waals surface area (Å²) in [5, 5.41) is 0. The Kier molecular flexibility index (Phi) is 2.95. The second-order valence-corrected chi connectivity index (χ2v) is 7.05. The van der Waals surface area contributed by atoms with E-state index in [1.54, 1.807) is 0 Å². The van der Waals surface area contributed by atoms with Crippen LogP contribution in [0.2, 0.25) is 0 Å². The van der Waals surface area contributed by atoms with E-state index in [-0.39, 0.29) is 12.1 Å². The van der Waals surface area contributed by atoms with Crippen LogP contribution < -0.4 is 0 Å². The van der Waals surface area contributed by atoms with E-state index in [1.165, 1.54) is 24.0 Å². The minimum atomic E-state index is -0.0210. The third-order valence-electron chi connectivity index (χ3n) is 5.51. The van der Waals surface area contributed by atoms with E-state index in [9.17, 15) is 4.79 Å². The van der Waals surface area contributed by atoms with Gasteiger partial charge in [-0.1, -0.05) is 49.0 Å². The summed E-state index contributed by atoms with van der Waals surface area (Å²) in [5.74, 6) is 0.130. The average molecular weight is 316 g/mol. The Morgan fingerprint density at radius 1 is 0.875 bits per heavy atom. The summed E-state index contributed by atoms with van der Waals surface area (Å²) < 4.78 is 0. The lowest BCUT2D eigenvalue weighted by Gasteiger charge is -2.42. The summed E-state index contributed by atoms with van der Waals surface area (Å²) in [4.78, 5) is 17.7. The van der Waals surface area contributed by atoms with E-state index >= 15 is 0 Å². The Morgan fingerprint density at radius 3 is 2.21 bits per heavy atom. The quantitative estimate of drug-likeness (QED) is 0.801. The van der Waals surface area contributed by atoms with Gasteiger partial charge in [0.2, 0.25) is 0 Å². The third-order valence-corrected chi connectivity index (χ3v) is 5.51. The van der Waals surface area contributed by atoms with Gasteiger partial charge in [0, 0.05) is 24.7 Å². The molecule has 1 saturated carbocycles. The molecule has 0 spiro atoms. The lowest BCUT2D eigenvalue weighted by atomic mass is 9.92. The van der Waals surface area contributed by atoms with Gasteiger partial charge < -0.3 is 4.90 Å². The van der Waals surface area contributed by atoms with Gasteiger partial charge in [0.25, 0.3) is 5.91 Å². The van der Waals surface area contributed by atoms with Gasteiger partial charge in [-0.05, 0) is 41.2 Å². The lowest BCUT2D eigenvalue weighted by Crippen LogP contribution is -2.52. The van der Waals surface area contributed by atoms with Crippen LogP contribution in [-0.2, 0) is 13.1 Å². The van der Waals surface area contributed by atoms with E-state index in [1.807, 2.05) is 29.2 Å². The molecule has 2 heterocycles. The molecule has 2 aliphatic heterocycles. The van der Waals surface area contributed by atoms with Gasteiger partial charge in [-0.3, -0.25) is 9.69 Å². The molecule has 0 saturated heterocycles. The standard InChI is InChI=1S/C21H20N2O/c1-14-18-8-4-5-9-19(18)21(24)23-13-16-7-3-2-6-15(16)12-22(20(14)23)17-10-11-17/h2-9,17,20H,1,10-13H2. The minimum absolute atomic E-state index is 0.0210. The van der Waals surface area contributed by atoms with Crippen molar-refractivity contribution in [3.8, 4) is 0 Å². The fourth-order valence-corrected chi connectivity index (χ4v) is 4.15. The maximum atomic E-state index is 13.2. The van der Waals surface area contributed by atoms with Gasteiger partial charge in [0.15, 0.2) is 0 Å². The molecule has 1 unspecified atom stereocenters. The van der Waals surface area contributed by atoms with Crippen molar-refractivity contribution in [3.63, 3.8) is 0 Å². The topological polar surface area (TPSA) is 23.6 Å². The number of carbonyl (C=O) groups is 1. The molecular weight excluding hydrogens is 296 g/mol. The number of hydrogen-bond donors (Lipinski definition) is 0. The Labute approximate surface area is 142 Å². The Morgan fingerprint density at radius 2 is 1.50 bits per heavy atom. The van der Waals surface area contributed by atoms with Crippen molar-refractivity contribution in [2.24, 2.45) is 0 Å². The molecule has 3 heteroatoms. The molecule has 5 rings (SSSR count). The molecule has 0 aromatic heterocycles. The van der Waals surface area contributed by atoms with Crippen LogP contribution in [0.3, 0.4) is 0 Å². The largest absolute Gasteiger partial charge is 0.314 e. The number of hydrogen-bond acceptors (Lipinski definition) is 2. The van der Waals surface area contributed by atoms with Crippen LogP contribution in [0.1, 0.15) is 39.9 Å². The highest BCUT2D eigenvalue weighted by molar-refractivity contribution is 6.03.